The minimum atomic E-state index is -0.888. The van der Waals surface area contributed by atoms with Crippen molar-refractivity contribution in [2.24, 2.45) is 0 Å². The van der Waals surface area contributed by atoms with Crippen LogP contribution in [0.15, 0.2) is 35.0 Å². The van der Waals surface area contributed by atoms with Gasteiger partial charge in [0.05, 0.1) is 5.69 Å². The van der Waals surface area contributed by atoms with E-state index in [1.807, 2.05) is 0 Å². The van der Waals surface area contributed by atoms with Gasteiger partial charge in [-0.25, -0.2) is 13.8 Å². The summed E-state index contributed by atoms with van der Waals surface area (Å²) in [7, 11) is 0. The lowest BCUT2D eigenvalue weighted by Crippen LogP contribution is -2.10. The van der Waals surface area contributed by atoms with E-state index in [1.165, 1.54) is 23.5 Å². The molecule has 0 fully saturated rings. The average Bonchev–Trinajstić information content (AvgIpc) is 3.12. The van der Waals surface area contributed by atoms with Gasteiger partial charge in [0.2, 0.25) is 5.76 Å². The fraction of sp³-hybridized carbons (Fsp3) is 0.133. The first kappa shape index (κ1) is 15.3. The number of anilines is 1. The third kappa shape index (κ3) is 3.59. The number of aromatic nitrogens is 2. The number of hydrogen-bond acceptors (Lipinski definition) is 5. The van der Waals surface area contributed by atoms with E-state index in [1.54, 1.807) is 13.1 Å². The molecular weight excluding hydrogens is 324 g/mol. The Hall–Kier alpha value is -2.61. The van der Waals surface area contributed by atoms with Crippen molar-refractivity contribution in [3.63, 3.8) is 0 Å². The van der Waals surface area contributed by atoms with Gasteiger partial charge in [0.15, 0.2) is 16.8 Å². The van der Waals surface area contributed by atoms with E-state index in [-0.39, 0.29) is 5.76 Å². The number of halogens is 2. The topological polar surface area (TPSA) is 68.0 Å². The number of benzene rings is 1. The normalized spacial score (nSPS) is 10.7. The molecule has 0 aliphatic rings. The van der Waals surface area contributed by atoms with Gasteiger partial charge in [-0.3, -0.25) is 10.1 Å². The highest BCUT2D eigenvalue weighted by molar-refractivity contribution is 7.15. The van der Waals surface area contributed by atoms with Gasteiger partial charge in [-0.05, 0) is 24.6 Å². The maximum atomic E-state index is 13.2. The first-order chi connectivity index (χ1) is 11.0. The smallest absolute Gasteiger partial charge is 0.296 e. The van der Waals surface area contributed by atoms with Crippen LogP contribution >= 0.6 is 11.3 Å². The van der Waals surface area contributed by atoms with Crippen molar-refractivity contribution >= 4 is 22.4 Å². The fourth-order valence-electron chi connectivity index (χ4n) is 1.93. The number of nitrogens with zero attached hydrogens (tertiary/aromatic N) is 2. The second-order valence-electron chi connectivity index (χ2n) is 4.84. The van der Waals surface area contributed by atoms with Gasteiger partial charge in [-0.15, -0.1) is 11.3 Å². The van der Waals surface area contributed by atoms with Crippen LogP contribution in [0, 0.1) is 18.6 Å². The predicted molar refractivity (Wildman–Crippen MR) is 80.5 cm³/mol. The van der Waals surface area contributed by atoms with E-state index in [0.717, 1.165) is 17.0 Å². The number of rotatable bonds is 4. The number of amides is 1. The first-order valence-electron chi connectivity index (χ1n) is 6.64. The molecule has 1 amide bonds. The minimum absolute atomic E-state index is 0.0971. The Labute approximate surface area is 134 Å². The number of aryl methyl sites for hydroxylation is 1. The Balaban J connectivity index is 1.68. The van der Waals surface area contributed by atoms with E-state index in [2.05, 4.69) is 15.5 Å². The molecule has 0 atom stereocenters. The SMILES string of the molecule is Cc1cc(C(=O)Nc2ncc(Cc3ccc(F)c(F)c3)s2)on1. The van der Waals surface area contributed by atoms with Crippen molar-refractivity contribution in [1.29, 1.82) is 0 Å². The van der Waals surface area contributed by atoms with Crippen LogP contribution in [0.3, 0.4) is 0 Å². The zero-order valence-electron chi connectivity index (χ0n) is 12.0. The van der Waals surface area contributed by atoms with E-state index < -0.39 is 17.5 Å². The molecule has 3 rings (SSSR count). The molecule has 1 N–H and O–H groups in total. The van der Waals surface area contributed by atoms with Gasteiger partial charge in [0, 0.05) is 23.6 Å². The molecule has 3 aromatic rings. The van der Waals surface area contributed by atoms with Crippen molar-refractivity contribution in [2.45, 2.75) is 13.3 Å². The Morgan fingerprint density at radius 1 is 1.30 bits per heavy atom. The van der Waals surface area contributed by atoms with Crippen molar-refractivity contribution < 1.29 is 18.1 Å². The molecule has 118 valence electrons. The molecule has 0 radical (unpaired) electrons. The zero-order chi connectivity index (χ0) is 16.4. The summed E-state index contributed by atoms with van der Waals surface area (Å²) in [5, 5.41) is 6.63. The summed E-state index contributed by atoms with van der Waals surface area (Å²) in [4.78, 5) is 16.8. The quantitative estimate of drug-likeness (QED) is 0.791. The fourth-order valence-corrected chi connectivity index (χ4v) is 2.77. The predicted octanol–water partition coefficient (Wildman–Crippen LogP) is 3.56. The highest BCUT2D eigenvalue weighted by Gasteiger charge is 2.14. The lowest BCUT2D eigenvalue weighted by Gasteiger charge is -1.99. The van der Waals surface area contributed by atoms with Crippen LogP contribution in [0.2, 0.25) is 0 Å². The molecule has 1 aromatic carbocycles. The Morgan fingerprint density at radius 2 is 2.13 bits per heavy atom. The third-order valence-electron chi connectivity index (χ3n) is 2.99. The number of carbonyl (C=O) groups excluding carboxylic acids is 1. The van der Waals surface area contributed by atoms with Gasteiger partial charge < -0.3 is 4.52 Å². The summed E-state index contributed by atoms with van der Waals surface area (Å²) in [6.45, 7) is 1.71. The van der Waals surface area contributed by atoms with Crippen LogP contribution in [0.5, 0.6) is 0 Å². The molecule has 23 heavy (non-hydrogen) atoms. The summed E-state index contributed by atoms with van der Waals surface area (Å²) in [6.07, 6.45) is 1.97. The minimum Gasteiger partial charge on any atom is -0.351 e. The maximum absolute atomic E-state index is 13.2. The van der Waals surface area contributed by atoms with Crippen LogP contribution in [-0.4, -0.2) is 16.0 Å². The highest BCUT2D eigenvalue weighted by atomic mass is 32.1. The van der Waals surface area contributed by atoms with Crippen LogP contribution in [0.4, 0.5) is 13.9 Å². The Bertz CT molecular complexity index is 860. The monoisotopic (exact) mass is 335 g/mol. The molecule has 0 unspecified atom stereocenters. The van der Waals surface area contributed by atoms with E-state index in [9.17, 15) is 13.6 Å². The van der Waals surface area contributed by atoms with Crippen molar-refractivity contribution in [1.82, 2.24) is 10.1 Å². The van der Waals surface area contributed by atoms with E-state index in [0.29, 0.717) is 22.8 Å². The van der Waals surface area contributed by atoms with Crippen LogP contribution < -0.4 is 5.32 Å². The van der Waals surface area contributed by atoms with Crippen LogP contribution in [0.1, 0.15) is 26.7 Å². The van der Waals surface area contributed by atoms with Crippen molar-refractivity contribution in [3.05, 3.63) is 64.0 Å². The molecule has 0 saturated carbocycles. The molecule has 0 spiro atoms. The van der Waals surface area contributed by atoms with Gasteiger partial charge in [0.25, 0.3) is 5.91 Å². The number of nitrogens with one attached hydrogen (secondary N) is 1. The summed E-state index contributed by atoms with van der Waals surface area (Å²) in [5.41, 5.74) is 1.23. The molecule has 0 aliphatic heterocycles. The number of thiazole rings is 1. The molecule has 0 aliphatic carbocycles. The second-order valence-corrected chi connectivity index (χ2v) is 5.96. The van der Waals surface area contributed by atoms with Gasteiger partial charge >= 0.3 is 0 Å². The maximum Gasteiger partial charge on any atom is 0.296 e. The Morgan fingerprint density at radius 3 is 2.83 bits per heavy atom. The first-order valence-corrected chi connectivity index (χ1v) is 7.46. The zero-order valence-corrected chi connectivity index (χ0v) is 12.8. The van der Waals surface area contributed by atoms with Gasteiger partial charge in [-0.1, -0.05) is 11.2 Å². The van der Waals surface area contributed by atoms with Crippen molar-refractivity contribution in [2.75, 3.05) is 5.32 Å². The van der Waals surface area contributed by atoms with Crippen LogP contribution in [-0.2, 0) is 6.42 Å². The average molecular weight is 335 g/mol. The number of hydrogen-bond donors (Lipinski definition) is 1. The summed E-state index contributed by atoms with van der Waals surface area (Å²) in [6, 6.07) is 5.25. The van der Waals surface area contributed by atoms with Gasteiger partial charge in [0.1, 0.15) is 0 Å². The van der Waals surface area contributed by atoms with E-state index in [4.69, 9.17) is 4.52 Å². The summed E-state index contributed by atoms with van der Waals surface area (Å²) in [5.74, 6) is -2.12. The standard InChI is InChI=1S/C15H11F2N3O2S/c1-8-4-13(22-20-8)14(21)19-15-18-7-10(23-15)5-9-2-3-11(16)12(17)6-9/h2-4,6-7H,5H2,1H3,(H,18,19,21). The molecule has 0 bridgehead atoms. The summed E-state index contributed by atoms with van der Waals surface area (Å²) < 4.78 is 31.0. The molecular formula is C15H11F2N3O2S. The Kier molecular flexibility index (Phi) is 4.16. The largest absolute Gasteiger partial charge is 0.351 e. The molecule has 0 saturated heterocycles. The number of carbonyl (C=O) groups is 1. The molecule has 8 heteroatoms. The van der Waals surface area contributed by atoms with Crippen molar-refractivity contribution in [3.8, 4) is 0 Å². The molecule has 2 aromatic heterocycles. The molecule has 5 nitrogen and oxygen atoms in total. The summed E-state index contributed by atoms with van der Waals surface area (Å²) >= 11 is 1.25. The second kappa shape index (κ2) is 6.25. The third-order valence-corrected chi connectivity index (χ3v) is 3.90. The highest BCUT2D eigenvalue weighted by Crippen LogP contribution is 2.22. The van der Waals surface area contributed by atoms with Crippen LogP contribution in [0.25, 0.3) is 0 Å². The molecule has 2 heterocycles. The lowest BCUT2D eigenvalue weighted by atomic mass is 10.1. The van der Waals surface area contributed by atoms with Gasteiger partial charge in [-0.2, -0.15) is 0 Å². The van der Waals surface area contributed by atoms with E-state index >= 15 is 0 Å². The lowest BCUT2D eigenvalue weighted by molar-refractivity contribution is 0.0988.